The highest BCUT2D eigenvalue weighted by atomic mass is 19.2. The number of hydrogen-bond acceptors (Lipinski definition) is 1. The maximum absolute atomic E-state index is 14.2. The summed E-state index contributed by atoms with van der Waals surface area (Å²) in [6, 6.07) is 10.8. The van der Waals surface area contributed by atoms with Crippen LogP contribution in [0.5, 0.6) is 0 Å². The van der Waals surface area contributed by atoms with Crippen molar-refractivity contribution in [3.63, 3.8) is 0 Å². The van der Waals surface area contributed by atoms with Crippen LogP contribution in [0.25, 0.3) is 0 Å². The van der Waals surface area contributed by atoms with Crippen LogP contribution in [0.15, 0.2) is 36.4 Å². The molecule has 1 N–H and O–H groups in total. The van der Waals surface area contributed by atoms with Gasteiger partial charge in [0, 0.05) is 5.56 Å². The van der Waals surface area contributed by atoms with Crippen LogP contribution in [0, 0.1) is 25.5 Å². The summed E-state index contributed by atoms with van der Waals surface area (Å²) in [7, 11) is 0. The Morgan fingerprint density at radius 3 is 2.20 bits per heavy atom. The molecule has 106 valence electrons. The first kappa shape index (κ1) is 14.7. The molecule has 1 atom stereocenters. The first-order chi connectivity index (χ1) is 9.54. The van der Waals surface area contributed by atoms with E-state index in [1.165, 1.54) is 0 Å². The minimum atomic E-state index is -0.767. The number of hydrogen-bond donors (Lipinski definition) is 1. The van der Waals surface area contributed by atoms with E-state index in [1.54, 1.807) is 19.1 Å². The van der Waals surface area contributed by atoms with Gasteiger partial charge >= 0.3 is 0 Å². The summed E-state index contributed by atoms with van der Waals surface area (Å²) in [5.41, 5.74) is 2.74. The van der Waals surface area contributed by atoms with Gasteiger partial charge in [0.1, 0.15) is 0 Å². The summed E-state index contributed by atoms with van der Waals surface area (Å²) in [5.74, 6) is -1.53. The van der Waals surface area contributed by atoms with Gasteiger partial charge in [-0.1, -0.05) is 48.9 Å². The van der Waals surface area contributed by atoms with Gasteiger partial charge in [-0.05, 0) is 31.5 Å². The molecule has 2 aromatic carbocycles. The Balaban J connectivity index is 2.48. The van der Waals surface area contributed by atoms with Crippen LogP contribution in [0.3, 0.4) is 0 Å². The lowest BCUT2D eigenvalue weighted by atomic mass is 9.96. The molecule has 0 aliphatic carbocycles. The molecule has 3 heteroatoms. The molecule has 0 heterocycles. The molecule has 0 bridgehead atoms. The maximum atomic E-state index is 14.2. The van der Waals surface area contributed by atoms with E-state index in [9.17, 15) is 8.78 Å². The molecule has 0 aliphatic heterocycles. The Kier molecular flexibility index (Phi) is 4.50. The van der Waals surface area contributed by atoms with Crippen LogP contribution in [-0.2, 0) is 0 Å². The Bertz CT molecular complexity index is 591. The molecule has 0 spiro atoms. The van der Waals surface area contributed by atoms with E-state index < -0.39 is 11.6 Å². The predicted molar refractivity (Wildman–Crippen MR) is 77.8 cm³/mol. The van der Waals surface area contributed by atoms with Crippen LogP contribution in [0.2, 0.25) is 0 Å². The first-order valence-corrected chi connectivity index (χ1v) is 6.79. The first-order valence-electron chi connectivity index (χ1n) is 6.79. The van der Waals surface area contributed by atoms with Crippen molar-refractivity contribution in [2.75, 3.05) is 6.54 Å². The molecule has 2 rings (SSSR count). The molecule has 1 unspecified atom stereocenters. The van der Waals surface area contributed by atoms with Gasteiger partial charge in [0.15, 0.2) is 11.6 Å². The zero-order valence-electron chi connectivity index (χ0n) is 12.0. The summed E-state index contributed by atoms with van der Waals surface area (Å²) in [6.45, 7) is 6.19. The van der Waals surface area contributed by atoms with E-state index in [4.69, 9.17) is 0 Å². The van der Waals surface area contributed by atoms with Crippen molar-refractivity contribution in [3.05, 3.63) is 70.3 Å². The van der Waals surface area contributed by atoms with E-state index in [0.29, 0.717) is 17.7 Å². The number of nitrogens with one attached hydrogen (secondary N) is 1. The van der Waals surface area contributed by atoms with Crippen molar-refractivity contribution in [2.24, 2.45) is 0 Å². The zero-order valence-corrected chi connectivity index (χ0v) is 12.0. The average Bonchev–Trinajstić information content (AvgIpc) is 2.44. The largest absolute Gasteiger partial charge is 0.306 e. The normalized spacial score (nSPS) is 12.4. The fraction of sp³-hybridized carbons (Fsp3) is 0.294. The molecule has 20 heavy (non-hydrogen) atoms. The lowest BCUT2D eigenvalue weighted by Crippen LogP contribution is -2.23. The molecule has 0 fully saturated rings. The number of halogens is 2. The quantitative estimate of drug-likeness (QED) is 0.878. The van der Waals surface area contributed by atoms with Crippen molar-refractivity contribution in [2.45, 2.75) is 26.8 Å². The SMILES string of the molecule is CCNC(c1ccc(C)cc1)c1ccc(C)c(F)c1F. The van der Waals surface area contributed by atoms with Gasteiger partial charge in [-0.15, -0.1) is 0 Å². The fourth-order valence-electron chi connectivity index (χ4n) is 2.25. The second kappa shape index (κ2) is 6.14. The molecule has 0 radical (unpaired) electrons. The Morgan fingerprint density at radius 2 is 1.60 bits per heavy atom. The van der Waals surface area contributed by atoms with Crippen LogP contribution < -0.4 is 5.32 Å². The van der Waals surface area contributed by atoms with Gasteiger partial charge in [-0.2, -0.15) is 0 Å². The van der Waals surface area contributed by atoms with E-state index >= 15 is 0 Å². The fourth-order valence-corrected chi connectivity index (χ4v) is 2.25. The number of aryl methyl sites for hydroxylation is 2. The highest BCUT2D eigenvalue weighted by molar-refractivity contribution is 5.36. The molecular formula is C17H19F2N. The summed E-state index contributed by atoms with van der Waals surface area (Å²) in [5, 5.41) is 3.22. The monoisotopic (exact) mass is 275 g/mol. The third kappa shape index (κ3) is 2.88. The van der Waals surface area contributed by atoms with E-state index in [1.807, 2.05) is 38.1 Å². The van der Waals surface area contributed by atoms with E-state index in [-0.39, 0.29) is 6.04 Å². The third-order valence-electron chi connectivity index (χ3n) is 3.44. The number of benzene rings is 2. The second-order valence-corrected chi connectivity index (χ2v) is 5.00. The van der Waals surface area contributed by atoms with Gasteiger partial charge in [0.25, 0.3) is 0 Å². The number of rotatable bonds is 4. The van der Waals surface area contributed by atoms with Crippen molar-refractivity contribution in [1.82, 2.24) is 5.32 Å². The van der Waals surface area contributed by atoms with Crippen LogP contribution in [0.1, 0.15) is 35.2 Å². The van der Waals surface area contributed by atoms with Gasteiger partial charge in [0.05, 0.1) is 6.04 Å². The third-order valence-corrected chi connectivity index (χ3v) is 3.44. The molecular weight excluding hydrogens is 256 g/mol. The minimum Gasteiger partial charge on any atom is -0.306 e. The summed E-state index contributed by atoms with van der Waals surface area (Å²) in [4.78, 5) is 0. The highest BCUT2D eigenvalue weighted by Crippen LogP contribution is 2.27. The van der Waals surface area contributed by atoms with Crippen molar-refractivity contribution >= 4 is 0 Å². The highest BCUT2D eigenvalue weighted by Gasteiger charge is 2.20. The summed E-state index contributed by atoms with van der Waals surface area (Å²) >= 11 is 0. The predicted octanol–water partition coefficient (Wildman–Crippen LogP) is 4.28. The molecule has 0 saturated heterocycles. The molecule has 0 saturated carbocycles. The topological polar surface area (TPSA) is 12.0 Å². The lowest BCUT2D eigenvalue weighted by molar-refractivity contribution is 0.478. The Morgan fingerprint density at radius 1 is 0.950 bits per heavy atom. The zero-order chi connectivity index (χ0) is 14.7. The summed E-state index contributed by atoms with van der Waals surface area (Å²) in [6.07, 6.45) is 0. The van der Waals surface area contributed by atoms with Crippen molar-refractivity contribution < 1.29 is 8.78 Å². The Hall–Kier alpha value is -1.74. The maximum Gasteiger partial charge on any atom is 0.164 e. The summed E-state index contributed by atoms with van der Waals surface area (Å²) < 4.78 is 28.0. The van der Waals surface area contributed by atoms with Crippen molar-refractivity contribution in [1.29, 1.82) is 0 Å². The van der Waals surface area contributed by atoms with Crippen LogP contribution in [0.4, 0.5) is 8.78 Å². The van der Waals surface area contributed by atoms with E-state index in [0.717, 1.165) is 11.1 Å². The van der Waals surface area contributed by atoms with Gasteiger partial charge in [-0.3, -0.25) is 0 Å². The van der Waals surface area contributed by atoms with Crippen molar-refractivity contribution in [3.8, 4) is 0 Å². The smallest absolute Gasteiger partial charge is 0.164 e. The Labute approximate surface area is 118 Å². The average molecular weight is 275 g/mol. The second-order valence-electron chi connectivity index (χ2n) is 5.00. The molecule has 1 nitrogen and oxygen atoms in total. The van der Waals surface area contributed by atoms with Gasteiger partial charge < -0.3 is 5.32 Å². The minimum absolute atomic E-state index is 0.324. The molecule has 0 aromatic heterocycles. The molecule has 2 aromatic rings. The van der Waals surface area contributed by atoms with Gasteiger partial charge in [-0.25, -0.2) is 8.78 Å². The van der Waals surface area contributed by atoms with E-state index in [2.05, 4.69) is 5.32 Å². The van der Waals surface area contributed by atoms with Crippen LogP contribution >= 0.6 is 0 Å². The standard InChI is InChI=1S/C17H19F2N/c1-4-20-17(13-8-5-11(2)6-9-13)14-10-7-12(3)15(18)16(14)19/h5-10,17,20H,4H2,1-3H3. The van der Waals surface area contributed by atoms with Gasteiger partial charge in [0.2, 0.25) is 0 Å². The lowest BCUT2D eigenvalue weighted by Gasteiger charge is -2.20. The molecule has 0 aliphatic rings. The van der Waals surface area contributed by atoms with Crippen LogP contribution in [-0.4, -0.2) is 6.54 Å². The molecule has 0 amide bonds.